The summed E-state index contributed by atoms with van der Waals surface area (Å²) < 4.78 is 26.0. The topological polar surface area (TPSA) is 73.7 Å². The molecule has 1 aromatic carbocycles. The Morgan fingerprint density at radius 3 is 2.75 bits per heavy atom. The van der Waals surface area contributed by atoms with Gasteiger partial charge in [0.05, 0.1) is 24.9 Å². The van der Waals surface area contributed by atoms with E-state index in [4.69, 9.17) is 9.47 Å². The van der Waals surface area contributed by atoms with Gasteiger partial charge >= 0.3 is 0 Å². The van der Waals surface area contributed by atoms with Crippen molar-refractivity contribution in [2.24, 2.45) is 0 Å². The van der Waals surface area contributed by atoms with Crippen LogP contribution in [0.25, 0.3) is 5.69 Å². The minimum absolute atomic E-state index is 0.0672. The maximum Gasteiger partial charge on any atom is 0.274 e. The molecule has 0 bridgehead atoms. The lowest BCUT2D eigenvalue weighted by Gasteiger charge is -2.43. The normalized spacial score (nSPS) is 24.6. The van der Waals surface area contributed by atoms with Crippen LogP contribution in [0.2, 0.25) is 0 Å². The lowest BCUT2D eigenvalue weighted by molar-refractivity contribution is -0.145. The summed E-state index contributed by atoms with van der Waals surface area (Å²) in [5, 5.41) is 4.23. The van der Waals surface area contributed by atoms with Crippen molar-refractivity contribution < 1.29 is 18.7 Å². The van der Waals surface area contributed by atoms with E-state index < -0.39 is 17.0 Å². The van der Waals surface area contributed by atoms with E-state index in [1.807, 2.05) is 6.92 Å². The zero-order valence-electron chi connectivity index (χ0n) is 15.6. The number of aromatic nitrogens is 2. The summed E-state index contributed by atoms with van der Waals surface area (Å²) in [6.45, 7) is 4.01. The van der Waals surface area contributed by atoms with E-state index in [0.717, 1.165) is 17.5 Å². The highest BCUT2D eigenvalue weighted by Gasteiger charge is 2.45. The second kappa shape index (κ2) is 7.44. The van der Waals surface area contributed by atoms with Crippen molar-refractivity contribution in [1.82, 2.24) is 14.7 Å². The smallest absolute Gasteiger partial charge is 0.274 e. The fourth-order valence-corrected chi connectivity index (χ4v) is 3.71. The molecule has 0 aliphatic carbocycles. The highest BCUT2D eigenvalue weighted by Crippen LogP contribution is 2.31. The van der Waals surface area contributed by atoms with Gasteiger partial charge in [0.15, 0.2) is 0 Å². The van der Waals surface area contributed by atoms with Gasteiger partial charge < -0.3 is 14.4 Å². The van der Waals surface area contributed by atoms with Crippen LogP contribution in [-0.4, -0.2) is 58.6 Å². The molecule has 2 aliphatic heterocycles. The van der Waals surface area contributed by atoms with Gasteiger partial charge in [-0.3, -0.25) is 9.59 Å². The second-order valence-corrected chi connectivity index (χ2v) is 7.26. The first-order valence-corrected chi connectivity index (χ1v) is 9.41. The van der Waals surface area contributed by atoms with Gasteiger partial charge in [-0.15, -0.1) is 0 Å². The zero-order valence-corrected chi connectivity index (χ0v) is 15.6. The number of carbonyl (C=O) groups excluding carboxylic acids is 1. The van der Waals surface area contributed by atoms with Crippen LogP contribution < -0.4 is 5.56 Å². The first-order chi connectivity index (χ1) is 13.5. The molecule has 2 saturated heterocycles. The molecule has 2 unspecified atom stereocenters. The third kappa shape index (κ3) is 3.57. The molecule has 2 atom stereocenters. The molecular weight excluding hydrogens is 365 g/mol. The standard InChI is InChI=1S/C20H22FN3O4/c1-2-16-11-23(12-20(28-16)9-10-27-13-20)19(26)17-7-8-18(25)24(22-17)15-5-3-14(21)4-6-15/h3-8,16H,2,9-13H2,1H3. The predicted octanol–water partition coefficient (Wildman–Crippen LogP) is 1.78. The monoisotopic (exact) mass is 387 g/mol. The molecule has 0 saturated carbocycles. The van der Waals surface area contributed by atoms with Gasteiger partial charge in [-0.2, -0.15) is 9.78 Å². The minimum Gasteiger partial charge on any atom is -0.378 e. The van der Waals surface area contributed by atoms with Crippen molar-refractivity contribution in [3.63, 3.8) is 0 Å². The Bertz CT molecular complexity index is 922. The van der Waals surface area contributed by atoms with Gasteiger partial charge in [0.1, 0.15) is 17.1 Å². The number of hydrogen-bond acceptors (Lipinski definition) is 5. The van der Waals surface area contributed by atoms with Crippen LogP contribution in [0.4, 0.5) is 4.39 Å². The Kier molecular flexibility index (Phi) is 4.99. The summed E-state index contributed by atoms with van der Waals surface area (Å²) >= 11 is 0. The van der Waals surface area contributed by atoms with Gasteiger partial charge in [-0.25, -0.2) is 4.39 Å². The molecule has 28 heavy (non-hydrogen) atoms. The number of nitrogens with zero attached hydrogens (tertiary/aromatic N) is 3. The third-order valence-corrected chi connectivity index (χ3v) is 5.22. The highest BCUT2D eigenvalue weighted by atomic mass is 19.1. The maximum absolute atomic E-state index is 13.2. The Morgan fingerprint density at radius 1 is 1.29 bits per heavy atom. The van der Waals surface area contributed by atoms with Crippen molar-refractivity contribution in [3.05, 3.63) is 58.3 Å². The minimum atomic E-state index is -0.472. The second-order valence-electron chi connectivity index (χ2n) is 7.26. The van der Waals surface area contributed by atoms with E-state index in [0.29, 0.717) is 32.0 Å². The van der Waals surface area contributed by atoms with Crippen molar-refractivity contribution >= 4 is 5.91 Å². The molecule has 0 radical (unpaired) electrons. The van der Waals surface area contributed by atoms with Gasteiger partial charge in [-0.1, -0.05) is 6.92 Å². The number of halogens is 1. The summed E-state index contributed by atoms with van der Waals surface area (Å²) in [6.07, 6.45) is 1.46. The van der Waals surface area contributed by atoms with E-state index >= 15 is 0 Å². The molecule has 2 aromatic rings. The summed E-state index contributed by atoms with van der Waals surface area (Å²) in [5.74, 6) is -0.670. The largest absolute Gasteiger partial charge is 0.378 e. The quantitative estimate of drug-likeness (QED) is 0.803. The Morgan fingerprint density at radius 2 is 2.07 bits per heavy atom. The van der Waals surface area contributed by atoms with Crippen molar-refractivity contribution in [2.45, 2.75) is 31.5 Å². The van der Waals surface area contributed by atoms with Crippen molar-refractivity contribution in [1.29, 1.82) is 0 Å². The number of carbonyl (C=O) groups is 1. The molecule has 8 heteroatoms. The average Bonchev–Trinajstić information content (AvgIpc) is 3.15. The Balaban J connectivity index is 1.63. The predicted molar refractivity (Wildman–Crippen MR) is 99.0 cm³/mol. The van der Waals surface area contributed by atoms with Crippen LogP contribution in [0.5, 0.6) is 0 Å². The van der Waals surface area contributed by atoms with Crippen LogP contribution in [0.15, 0.2) is 41.2 Å². The number of rotatable bonds is 3. The summed E-state index contributed by atoms with van der Waals surface area (Å²) in [5.41, 5.74) is -0.304. The zero-order chi connectivity index (χ0) is 19.7. The molecule has 3 heterocycles. The molecular formula is C20H22FN3O4. The molecule has 1 spiro atoms. The van der Waals surface area contributed by atoms with Crippen LogP contribution in [0.3, 0.4) is 0 Å². The van der Waals surface area contributed by atoms with E-state index in [1.165, 1.54) is 36.4 Å². The molecule has 148 valence electrons. The molecule has 2 aliphatic rings. The van der Waals surface area contributed by atoms with Gasteiger partial charge in [0.2, 0.25) is 0 Å². The van der Waals surface area contributed by atoms with Gasteiger partial charge in [0, 0.05) is 25.6 Å². The Labute approximate surface area is 161 Å². The first kappa shape index (κ1) is 18.8. The SMILES string of the molecule is CCC1CN(C(=O)c2ccc(=O)n(-c3ccc(F)cc3)n2)CC2(CCOC2)O1. The van der Waals surface area contributed by atoms with Gasteiger partial charge in [-0.05, 0) is 36.8 Å². The maximum atomic E-state index is 13.2. The van der Waals surface area contributed by atoms with Crippen LogP contribution in [0, 0.1) is 5.82 Å². The van der Waals surface area contributed by atoms with Crippen molar-refractivity contribution in [2.75, 3.05) is 26.3 Å². The molecule has 7 nitrogen and oxygen atoms in total. The van der Waals surface area contributed by atoms with Crippen LogP contribution in [-0.2, 0) is 9.47 Å². The fourth-order valence-electron chi connectivity index (χ4n) is 3.71. The number of amides is 1. The number of ether oxygens (including phenoxy) is 2. The summed E-state index contributed by atoms with van der Waals surface area (Å²) in [6, 6.07) is 8.12. The number of morpholine rings is 1. The highest BCUT2D eigenvalue weighted by molar-refractivity contribution is 5.92. The van der Waals surface area contributed by atoms with E-state index in [1.54, 1.807) is 4.90 Å². The number of benzene rings is 1. The molecule has 1 amide bonds. The third-order valence-electron chi connectivity index (χ3n) is 5.22. The fraction of sp³-hybridized carbons (Fsp3) is 0.450. The van der Waals surface area contributed by atoms with Crippen LogP contribution >= 0.6 is 0 Å². The molecule has 2 fully saturated rings. The Hall–Kier alpha value is -2.58. The van der Waals surface area contributed by atoms with E-state index in [-0.39, 0.29) is 17.7 Å². The van der Waals surface area contributed by atoms with Gasteiger partial charge in [0.25, 0.3) is 11.5 Å². The lowest BCUT2D eigenvalue weighted by Crippen LogP contribution is -2.57. The average molecular weight is 387 g/mol. The molecule has 4 rings (SSSR count). The van der Waals surface area contributed by atoms with Crippen molar-refractivity contribution in [3.8, 4) is 5.69 Å². The summed E-state index contributed by atoms with van der Waals surface area (Å²) in [4.78, 5) is 27.1. The molecule has 1 aromatic heterocycles. The number of hydrogen-bond donors (Lipinski definition) is 0. The first-order valence-electron chi connectivity index (χ1n) is 9.41. The van der Waals surface area contributed by atoms with Crippen LogP contribution in [0.1, 0.15) is 30.3 Å². The molecule has 0 N–H and O–H groups in total. The van der Waals surface area contributed by atoms with E-state index in [9.17, 15) is 14.0 Å². The lowest BCUT2D eigenvalue weighted by atomic mass is 9.98. The van der Waals surface area contributed by atoms with E-state index in [2.05, 4.69) is 5.10 Å². The summed E-state index contributed by atoms with van der Waals surface area (Å²) in [7, 11) is 0.